The molecule has 0 aliphatic heterocycles. The monoisotopic (exact) mass is 592 g/mol. The highest BCUT2D eigenvalue weighted by atomic mass is 32.2. The first-order valence-electron chi connectivity index (χ1n) is 15.8. The van der Waals surface area contributed by atoms with Crippen LogP contribution in [0.5, 0.6) is 0 Å². The van der Waals surface area contributed by atoms with Gasteiger partial charge in [0.2, 0.25) is 0 Å². The van der Waals surface area contributed by atoms with Crippen molar-refractivity contribution in [2.75, 3.05) is 0 Å². The van der Waals surface area contributed by atoms with Crippen molar-refractivity contribution in [2.45, 2.75) is 93.2 Å². The molecule has 0 saturated carbocycles. The van der Waals surface area contributed by atoms with Gasteiger partial charge in [0.25, 0.3) is 0 Å². The summed E-state index contributed by atoms with van der Waals surface area (Å²) < 4.78 is 0. The van der Waals surface area contributed by atoms with Gasteiger partial charge in [-0.25, -0.2) is 0 Å². The molecule has 0 aliphatic carbocycles. The number of aryl methyl sites for hydroxylation is 1. The minimum atomic E-state index is 0.310. The minimum Gasteiger partial charge on any atom is -0.123 e. The summed E-state index contributed by atoms with van der Waals surface area (Å²) in [6, 6.07) is 25.2. The Bertz CT molecular complexity index is 1370. The lowest BCUT2D eigenvalue weighted by Crippen LogP contribution is -2.21. The van der Waals surface area contributed by atoms with Crippen LogP contribution in [-0.2, 0) is 12.8 Å². The summed E-state index contributed by atoms with van der Waals surface area (Å²) >= 11 is 1.89. The molecule has 0 radical (unpaired) electrons. The van der Waals surface area contributed by atoms with Crippen molar-refractivity contribution in [3.8, 4) is 22.3 Å². The third-order valence-corrected chi connectivity index (χ3v) is 9.96. The zero-order valence-electron chi connectivity index (χ0n) is 28.6. The van der Waals surface area contributed by atoms with Crippen LogP contribution in [0.4, 0.5) is 0 Å². The highest BCUT2D eigenvalue weighted by molar-refractivity contribution is 8.03. The van der Waals surface area contributed by atoms with Crippen molar-refractivity contribution in [1.29, 1.82) is 0 Å². The molecule has 43 heavy (non-hydrogen) atoms. The van der Waals surface area contributed by atoms with Crippen LogP contribution < -0.4 is 0 Å². The summed E-state index contributed by atoms with van der Waals surface area (Å²) in [4.78, 5) is 1.11. The standard InChI is InChI=1S/C36H46S.C6H10/c1-10-11-34(37-28(7)25(2)3)23-29-12-18-32(19-13-29)35-21-20-33(22-27(35)6)31-16-14-30(15-17-31)24-36(8,9)26(4)5;1-5(2)6(3)4/h12-22,26,34H,2,7,10-11,23-24H2,1,3-6,8-9H3;1,3H2,2,4H3. The first-order chi connectivity index (χ1) is 20.1. The predicted octanol–water partition coefficient (Wildman–Crippen LogP) is 13.2. The van der Waals surface area contributed by atoms with Gasteiger partial charge in [-0.05, 0) is 103 Å². The molecule has 0 amide bonds. The number of thioether (sulfide) groups is 1. The molecule has 3 aromatic rings. The van der Waals surface area contributed by atoms with Crippen LogP contribution in [0, 0.1) is 18.3 Å². The van der Waals surface area contributed by atoms with Gasteiger partial charge >= 0.3 is 0 Å². The second-order valence-electron chi connectivity index (χ2n) is 13.2. The molecular formula is C42H56S. The van der Waals surface area contributed by atoms with E-state index in [9.17, 15) is 0 Å². The lowest BCUT2D eigenvalue weighted by Gasteiger charge is -2.29. The van der Waals surface area contributed by atoms with Gasteiger partial charge in [-0.3, -0.25) is 0 Å². The molecule has 0 spiro atoms. The average Bonchev–Trinajstić information content (AvgIpc) is 2.94. The second kappa shape index (κ2) is 16.7. The zero-order valence-corrected chi connectivity index (χ0v) is 29.4. The van der Waals surface area contributed by atoms with Gasteiger partial charge in [-0.2, -0.15) is 0 Å². The second-order valence-corrected chi connectivity index (χ2v) is 14.6. The van der Waals surface area contributed by atoms with Crippen molar-refractivity contribution < 1.29 is 0 Å². The Kier molecular flexibility index (Phi) is 14.1. The molecule has 0 aromatic heterocycles. The van der Waals surface area contributed by atoms with Crippen LogP contribution in [0.3, 0.4) is 0 Å². The Morgan fingerprint density at radius 3 is 1.70 bits per heavy atom. The van der Waals surface area contributed by atoms with E-state index >= 15 is 0 Å². The summed E-state index contributed by atoms with van der Waals surface area (Å²) in [7, 11) is 0. The van der Waals surface area contributed by atoms with Crippen LogP contribution >= 0.6 is 11.8 Å². The SMILES string of the molecule is C=C(C)C(=C)C.C=C(C)C(=C)SC(CCC)Cc1ccc(-c2ccc(-c3ccc(CC(C)(C)C(C)C)cc3)cc2C)cc1. The molecule has 0 bridgehead atoms. The van der Waals surface area contributed by atoms with E-state index in [2.05, 4.69) is 135 Å². The topological polar surface area (TPSA) is 0 Å². The molecule has 0 aliphatic rings. The van der Waals surface area contributed by atoms with Crippen molar-refractivity contribution in [2.24, 2.45) is 11.3 Å². The minimum absolute atomic E-state index is 0.310. The van der Waals surface area contributed by atoms with E-state index in [1.165, 1.54) is 51.8 Å². The molecule has 3 rings (SSSR count). The largest absolute Gasteiger partial charge is 0.123 e. The lowest BCUT2D eigenvalue weighted by molar-refractivity contribution is 0.248. The molecule has 230 valence electrons. The fourth-order valence-electron chi connectivity index (χ4n) is 4.62. The van der Waals surface area contributed by atoms with Gasteiger partial charge in [0.05, 0.1) is 0 Å². The van der Waals surface area contributed by atoms with Gasteiger partial charge in [0.15, 0.2) is 0 Å². The van der Waals surface area contributed by atoms with Crippen LogP contribution in [0.15, 0.2) is 115 Å². The highest BCUT2D eigenvalue weighted by Crippen LogP contribution is 2.34. The van der Waals surface area contributed by atoms with Crippen LogP contribution in [-0.4, -0.2) is 5.25 Å². The van der Waals surface area contributed by atoms with Crippen molar-refractivity contribution in [1.82, 2.24) is 0 Å². The summed E-state index contributed by atoms with van der Waals surface area (Å²) in [5.74, 6) is 0.662. The van der Waals surface area contributed by atoms with Gasteiger partial charge in [-0.1, -0.05) is 145 Å². The summed E-state index contributed by atoms with van der Waals surface area (Å²) in [5, 5.41) is 0.545. The van der Waals surface area contributed by atoms with E-state index in [-0.39, 0.29) is 0 Å². The van der Waals surface area contributed by atoms with Gasteiger partial charge in [0.1, 0.15) is 0 Å². The Morgan fingerprint density at radius 1 is 0.721 bits per heavy atom. The number of hydrogen-bond donors (Lipinski definition) is 0. The van der Waals surface area contributed by atoms with Gasteiger partial charge in [0, 0.05) is 10.2 Å². The zero-order chi connectivity index (χ0) is 32.3. The van der Waals surface area contributed by atoms with E-state index in [0.717, 1.165) is 34.5 Å². The molecule has 3 aromatic carbocycles. The molecule has 0 heterocycles. The Hall–Kier alpha value is -3.03. The van der Waals surface area contributed by atoms with Crippen molar-refractivity contribution in [3.05, 3.63) is 131 Å². The number of rotatable bonds is 13. The molecule has 1 heteroatoms. The molecule has 0 saturated heterocycles. The predicted molar refractivity (Wildman–Crippen MR) is 198 cm³/mol. The fourth-order valence-corrected chi connectivity index (χ4v) is 5.85. The molecule has 1 unspecified atom stereocenters. The maximum absolute atomic E-state index is 4.20. The number of allylic oxidation sites excluding steroid dienone is 3. The van der Waals surface area contributed by atoms with Crippen molar-refractivity contribution >= 4 is 11.8 Å². The van der Waals surface area contributed by atoms with E-state index in [0.29, 0.717) is 16.6 Å². The average molecular weight is 593 g/mol. The fraction of sp³-hybridized carbons (Fsp3) is 0.381. The normalized spacial score (nSPS) is 11.9. The summed E-state index contributed by atoms with van der Waals surface area (Å²) in [6.07, 6.45) is 4.55. The Morgan fingerprint density at radius 2 is 1.23 bits per heavy atom. The molecule has 0 nitrogen and oxygen atoms in total. The van der Waals surface area contributed by atoms with Crippen LogP contribution in [0.1, 0.15) is 84.9 Å². The molecule has 1 atom stereocenters. The summed E-state index contributed by atoms with van der Waals surface area (Å²) in [6.45, 7) is 35.3. The van der Waals surface area contributed by atoms with E-state index in [1.807, 2.05) is 32.5 Å². The van der Waals surface area contributed by atoms with Crippen LogP contribution in [0.25, 0.3) is 22.3 Å². The van der Waals surface area contributed by atoms with E-state index in [4.69, 9.17) is 0 Å². The first-order valence-corrected chi connectivity index (χ1v) is 16.6. The van der Waals surface area contributed by atoms with Crippen molar-refractivity contribution in [3.63, 3.8) is 0 Å². The quantitative estimate of drug-likeness (QED) is 0.178. The smallest absolute Gasteiger partial charge is 0.0135 e. The lowest BCUT2D eigenvalue weighted by atomic mass is 9.76. The first kappa shape index (κ1) is 36.2. The Labute approximate surface area is 269 Å². The third-order valence-electron chi connectivity index (χ3n) is 8.59. The summed E-state index contributed by atoms with van der Waals surface area (Å²) in [5.41, 5.74) is 12.8. The van der Waals surface area contributed by atoms with E-state index < -0.39 is 0 Å². The Balaban J connectivity index is 0.000000973. The molecule has 0 fully saturated rings. The van der Waals surface area contributed by atoms with Gasteiger partial charge < -0.3 is 0 Å². The maximum Gasteiger partial charge on any atom is 0.0135 e. The number of hydrogen-bond acceptors (Lipinski definition) is 1. The van der Waals surface area contributed by atoms with Crippen LogP contribution in [0.2, 0.25) is 0 Å². The molecular weight excluding hydrogens is 537 g/mol. The molecule has 0 N–H and O–H groups in total. The number of benzene rings is 3. The third kappa shape index (κ3) is 11.5. The maximum atomic E-state index is 4.20. The highest BCUT2D eigenvalue weighted by Gasteiger charge is 2.22. The van der Waals surface area contributed by atoms with Gasteiger partial charge in [-0.15, -0.1) is 11.8 Å². The van der Waals surface area contributed by atoms with E-state index in [1.54, 1.807) is 0 Å².